The first kappa shape index (κ1) is 14.4. The molecule has 0 saturated carbocycles. The molecule has 0 aliphatic carbocycles. The van der Waals surface area contributed by atoms with Crippen molar-refractivity contribution in [2.24, 2.45) is 12.0 Å². The van der Waals surface area contributed by atoms with Gasteiger partial charge in [-0.25, -0.2) is 0 Å². The van der Waals surface area contributed by atoms with Crippen LogP contribution < -0.4 is 4.80 Å². The highest BCUT2D eigenvalue weighted by molar-refractivity contribution is 7.07. The number of amides is 3. The highest BCUT2D eigenvalue weighted by atomic mass is 32.1. The van der Waals surface area contributed by atoms with Crippen LogP contribution in [0.25, 0.3) is 0 Å². The van der Waals surface area contributed by atoms with Crippen LogP contribution in [0.15, 0.2) is 40.8 Å². The summed E-state index contributed by atoms with van der Waals surface area (Å²) >= 11 is 1.31. The number of nitrogens with zero attached hydrogens (tertiary/aromatic N) is 3. The van der Waals surface area contributed by atoms with E-state index in [1.165, 1.54) is 18.3 Å². The lowest BCUT2D eigenvalue weighted by Gasteiger charge is -2.19. The summed E-state index contributed by atoms with van der Waals surface area (Å²) in [6, 6.07) is 5.62. The van der Waals surface area contributed by atoms with Gasteiger partial charge in [-0.05, 0) is 19.1 Å². The fourth-order valence-electron chi connectivity index (χ4n) is 2.29. The van der Waals surface area contributed by atoms with Gasteiger partial charge in [0.15, 0.2) is 4.80 Å². The monoisotopic (exact) mass is 315 g/mol. The number of rotatable bonds is 2. The Morgan fingerprint density at radius 2 is 1.77 bits per heavy atom. The first-order valence-electron chi connectivity index (χ1n) is 6.66. The number of aromatic nitrogens is 1. The summed E-state index contributed by atoms with van der Waals surface area (Å²) in [4.78, 5) is 42.4. The first-order chi connectivity index (χ1) is 10.5. The van der Waals surface area contributed by atoms with Gasteiger partial charge in [-0.1, -0.05) is 12.1 Å². The van der Waals surface area contributed by atoms with Gasteiger partial charge in [0.05, 0.1) is 11.1 Å². The molecule has 1 aromatic heterocycles. The predicted octanol–water partition coefficient (Wildman–Crippen LogP) is 1.20. The summed E-state index contributed by atoms with van der Waals surface area (Å²) in [6.45, 7) is 1.52. The van der Waals surface area contributed by atoms with Crippen molar-refractivity contribution < 1.29 is 14.4 Å². The summed E-state index contributed by atoms with van der Waals surface area (Å²) in [5, 5.41) is 1.80. The van der Waals surface area contributed by atoms with Crippen LogP contribution in [0.4, 0.5) is 0 Å². The van der Waals surface area contributed by atoms with E-state index >= 15 is 0 Å². The van der Waals surface area contributed by atoms with Crippen molar-refractivity contribution in [2.45, 2.75) is 13.0 Å². The molecule has 0 bridgehead atoms. The molecule has 0 spiro atoms. The quantitative estimate of drug-likeness (QED) is 0.782. The van der Waals surface area contributed by atoms with Gasteiger partial charge in [0.2, 0.25) is 0 Å². The predicted molar refractivity (Wildman–Crippen MR) is 80.3 cm³/mol. The van der Waals surface area contributed by atoms with E-state index in [9.17, 15) is 14.4 Å². The SMILES string of the molecule is C[C@H](C(=O)N=c1sccn1C)N1C(=O)c2ccccc2C1=O. The second-order valence-electron chi connectivity index (χ2n) is 4.95. The Hall–Kier alpha value is -2.54. The van der Waals surface area contributed by atoms with E-state index in [0.29, 0.717) is 15.9 Å². The summed E-state index contributed by atoms with van der Waals surface area (Å²) < 4.78 is 1.71. The summed E-state index contributed by atoms with van der Waals surface area (Å²) in [5.74, 6) is -1.42. The van der Waals surface area contributed by atoms with Crippen molar-refractivity contribution in [2.75, 3.05) is 0 Å². The van der Waals surface area contributed by atoms with E-state index in [0.717, 1.165) is 4.90 Å². The molecule has 2 aromatic rings. The molecule has 0 fully saturated rings. The van der Waals surface area contributed by atoms with Gasteiger partial charge in [-0.15, -0.1) is 11.3 Å². The Bertz CT molecular complexity index is 814. The number of carbonyl (C=O) groups is 3. The van der Waals surface area contributed by atoms with Crippen molar-refractivity contribution in [3.8, 4) is 0 Å². The molecular formula is C15H13N3O3S. The van der Waals surface area contributed by atoms with E-state index in [2.05, 4.69) is 4.99 Å². The van der Waals surface area contributed by atoms with Gasteiger partial charge in [0, 0.05) is 18.6 Å². The zero-order valence-corrected chi connectivity index (χ0v) is 12.8. The molecule has 2 heterocycles. The molecule has 7 heteroatoms. The molecule has 3 amide bonds. The lowest BCUT2D eigenvalue weighted by Crippen LogP contribution is -2.42. The molecule has 3 rings (SSSR count). The normalized spacial score (nSPS) is 16.1. The largest absolute Gasteiger partial charge is 0.327 e. The number of hydrogen-bond donors (Lipinski definition) is 0. The van der Waals surface area contributed by atoms with Gasteiger partial charge in [-0.2, -0.15) is 4.99 Å². The third-order valence-electron chi connectivity index (χ3n) is 3.54. The number of fused-ring (bicyclic) bond motifs is 1. The zero-order chi connectivity index (χ0) is 15.9. The minimum Gasteiger partial charge on any atom is -0.327 e. The smallest absolute Gasteiger partial charge is 0.271 e. The minimum absolute atomic E-state index is 0.328. The Morgan fingerprint density at radius 3 is 2.27 bits per heavy atom. The van der Waals surface area contributed by atoms with Crippen LogP contribution in [0, 0.1) is 0 Å². The molecule has 112 valence electrons. The van der Waals surface area contributed by atoms with Crippen molar-refractivity contribution in [1.82, 2.24) is 9.47 Å². The van der Waals surface area contributed by atoms with Crippen molar-refractivity contribution >= 4 is 29.1 Å². The maximum Gasteiger partial charge on any atom is 0.271 e. The molecule has 0 N–H and O–H groups in total. The summed E-state index contributed by atoms with van der Waals surface area (Å²) in [7, 11) is 1.77. The van der Waals surface area contributed by atoms with Gasteiger partial charge in [-0.3, -0.25) is 19.3 Å². The van der Waals surface area contributed by atoms with Crippen LogP contribution in [0.5, 0.6) is 0 Å². The van der Waals surface area contributed by atoms with Crippen molar-refractivity contribution in [1.29, 1.82) is 0 Å². The highest BCUT2D eigenvalue weighted by Crippen LogP contribution is 2.24. The van der Waals surface area contributed by atoms with E-state index in [4.69, 9.17) is 0 Å². The maximum atomic E-state index is 12.3. The van der Waals surface area contributed by atoms with Crippen molar-refractivity contribution in [3.05, 3.63) is 51.8 Å². The molecule has 1 aliphatic rings. The maximum absolute atomic E-state index is 12.3. The number of benzene rings is 1. The molecule has 1 atom stereocenters. The lowest BCUT2D eigenvalue weighted by molar-refractivity contribution is -0.121. The summed E-state index contributed by atoms with van der Waals surface area (Å²) in [5.41, 5.74) is 0.655. The molecule has 0 saturated heterocycles. The molecular weight excluding hydrogens is 302 g/mol. The third kappa shape index (κ3) is 2.19. The number of aryl methyl sites for hydroxylation is 1. The summed E-state index contributed by atoms with van der Waals surface area (Å²) in [6.07, 6.45) is 1.78. The van der Waals surface area contributed by atoms with Crippen LogP contribution in [-0.2, 0) is 11.8 Å². The first-order valence-corrected chi connectivity index (χ1v) is 7.54. The van der Waals surface area contributed by atoms with E-state index in [-0.39, 0.29) is 0 Å². The van der Waals surface area contributed by atoms with Crippen molar-refractivity contribution in [3.63, 3.8) is 0 Å². The second kappa shape index (κ2) is 5.34. The Kier molecular flexibility index (Phi) is 3.50. The van der Waals surface area contributed by atoms with Crippen LogP contribution in [0.1, 0.15) is 27.6 Å². The minimum atomic E-state index is -0.936. The van der Waals surface area contributed by atoms with Gasteiger partial charge < -0.3 is 4.57 Å². The average Bonchev–Trinajstić information content (AvgIpc) is 3.02. The second-order valence-corrected chi connectivity index (χ2v) is 5.82. The topological polar surface area (TPSA) is 71.7 Å². The number of carbonyl (C=O) groups excluding carboxylic acids is 3. The molecule has 0 radical (unpaired) electrons. The Balaban J connectivity index is 1.93. The van der Waals surface area contributed by atoms with E-state index in [1.807, 2.05) is 0 Å². The Labute approximate surface area is 130 Å². The van der Waals surface area contributed by atoms with Crippen LogP contribution in [-0.4, -0.2) is 33.2 Å². The van der Waals surface area contributed by atoms with E-state index in [1.54, 1.807) is 47.5 Å². The van der Waals surface area contributed by atoms with Gasteiger partial charge >= 0.3 is 0 Å². The molecule has 6 nitrogen and oxygen atoms in total. The number of imide groups is 1. The zero-order valence-electron chi connectivity index (χ0n) is 12.0. The molecule has 1 aromatic carbocycles. The third-order valence-corrected chi connectivity index (χ3v) is 4.38. The average molecular weight is 315 g/mol. The Morgan fingerprint density at radius 1 is 1.18 bits per heavy atom. The fourth-order valence-corrected chi connectivity index (χ4v) is 3.03. The van der Waals surface area contributed by atoms with E-state index < -0.39 is 23.8 Å². The number of thiazole rings is 1. The van der Waals surface area contributed by atoms with Gasteiger partial charge in [0.1, 0.15) is 6.04 Å². The van der Waals surface area contributed by atoms with Crippen LogP contribution in [0.2, 0.25) is 0 Å². The molecule has 0 unspecified atom stereocenters. The van der Waals surface area contributed by atoms with Crippen LogP contribution in [0.3, 0.4) is 0 Å². The highest BCUT2D eigenvalue weighted by Gasteiger charge is 2.40. The fraction of sp³-hybridized carbons (Fsp3) is 0.200. The molecule has 22 heavy (non-hydrogen) atoms. The number of hydrogen-bond acceptors (Lipinski definition) is 4. The van der Waals surface area contributed by atoms with Gasteiger partial charge in [0.25, 0.3) is 17.7 Å². The lowest BCUT2D eigenvalue weighted by atomic mass is 10.1. The van der Waals surface area contributed by atoms with Crippen LogP contribution >= 0.6 is 11.3 Å². The standard InChI is InChI=1S/C15H13N3O3S/c1-9(12(19)16-15-17(2)7-8-22-15)18-13(20)10-5-3-4-6-11(10)14(18)21/h3-9H,1-2H3/t9-/m1/s1. The molecule has 1 aliphatic heterocycles.